The van der Waals surface area contributed by atoms with Gasteiger partial charge in [0.15, 0.2) is 0 Å². The Kier molecular flexibility index (Phi) is 6.46. The molecule has 2 aliphatic heterocycles. The average molecular weight is 394 g/mol. The fourth-order valence-corrected chi connectivity index (χ4v) is 4.88. The van der Waals surface area contributed by atoms with Gasteiger partial charge in [-0.3, -0.25) is 9.59 Å². The van der Waals surface area contributed by atoms with Crippen molar-refractivity contribution in [3.8, 4) is 0 Å². The van der Waals surface area contributed by atoms with Gasteiger partial charge < -0.3 is 16.0 Å². The van der Waals surface area contributed by atoms with Gasteiger partial charge in [-0.2, -0.15) is 4.31 Å². The van der Waals surface area contributed by atoms with Crippen molar-refractivity contribution in [1.82, 2.24) is 14.9 Å². The second-order valence-electron chi connectivity index (χ2n) is 7.00. The van der Waals surface area contributed by atoms with Gasteiger partial charge in [0.05, 0.1) is 11.4 Å². The minimum Gasteiger partial charge on any atom is -0.354 e. The highest BCUT2D eigenvalue weighted by Crippen LogP contribution is 2.21. The summed E-state index contributed by atoms with van der Waals surface area (Å²) in [6.45, 7) is 2.35. The van der Waals surface area contributed by atoms with Crippen LogP contribution in [-0.2, 0) is 19.6 Å². The van der Waals surface area contributed by atoms with Crippen LogP contribution < -0.4 is 16.0 Å². The lowest BCUT2D eigenvalue weighted by Gasteiger charge is -2.26. The number of carbonyl (C=O) groups excluding carboxylic acids is 2. The van der Waals surface area contributed by atoms with E-state index >= 15 is 0 Å². The van der Waals surface area contributed by atoms with Crippen LogP contribution in [0.4, 0.5) is 5.69 Å². The summed E-state index contributed by atoms with van der Waals surface area (Å²) in [5.74, 6) is 0.140. The monoisotopic (exact) mass is 394 g/mol. The zero-order valence-corrected chi connectivity index (χ0v) is 16.1. The van der Waals surface area contributed by atoms with Crippen molar-refractivity contribution >= 4 is 27.5 Å². The van der Waals surface area contributed by atoms with Gasteiger partial charge >= 0.3 is 0 Å². The third-order valence-electron chi connectivity index (χ3n) is 5.00. The number of rotatable bonds is 6. The molecule has 2 saturated heterocycles. The number of carbonyl (C=O) groups is 2. The molecule has 8 nitrogen and oxygen atoms in total. The highest BCUT2D eigenvalue weighted by Gasteiger charge is 2.29. The minimum absolute atomic E-state index is 0.0772. The van der Waals surface area contributed by atoms with E-state index in [9.17, 15) is 18.0 Å². The van der Waals surface area contributed by atoms with Gasteiger partial charge in [0.2, 0.25) is 21.8 Å². The predicted molar refractivity (Wildman–Crippen MR) is 102 cm³/mol. The van der Waals surface area contributed by atoms with Crippen molar-refractivity contribution in [1.29, 1.82) is 0 Å². The van der Waals surface area contributed by atoms with Crippen molar-refractivity contribution < 1.29 is 18.0 Å². The van der Waals surface area contributed by atoms with Crippen molar-refractivity contribution in [2.24, 2.45) is 5.92 Å². The van der Waals surface area contributed by atoms with Crippen molar-refractivity contribution in [3.63, 3.8) is 0 Å². The van der Waals surface area contributed by atoms with Crippen LogP contribution in [0.3, 0.4) is 0 Å². The Morgan fingerprint density at radius 1 is 1.22 bits per heavy atom. The summed E-state index contributed by atoms with van der Waals surface area (Å²) in [5, 5.41) is 8.70. The largest absolute Gasteiger partial charge is 0.354 e. The Labute approximate surface area is 159 Å². The molecule has 2 fully saturated rings. The molecule has 0 saturated carbocycles. The van der Waals surface area contributed by atoms with Crippen LogP contribution in [0.25, 0.3) is 0 Å². The maximum absolute atomic E-state index is 12.7. The summed E-state index contributed by atoms with van der Waals surface area (Å²) in [6, 6.07) is 6.19. The van der Waals surface area contributed by atoms with Crippen LogP contribution in [0, 0.1) is 5.92 Å². The van der Waals surface area contributed by atoms with Gasteiger partial charge in [0, 0.05) is 25.2 Å². The predicted octanol–water partition coefficient (Wildman–Crippen LogP) is 0.525. The fourth-order valence-electron chi connectivity index (χ4n) is 3.43. The van der Waals surface area contributed by atoms with Crippen molar-refractivity contribution in [2.75, 3.05) is 38.0 Å². The quantitative estimate of drug-likeness (QED) is 0.652. The first kappa shape index (κ1) is 19.8. The first-order valence-corrected chi connectivity index (χ1v) is 10.8. The molecule has 0 aliphatic carbocycles. The van der Waals surface area contributed by atoms with E-state index in [2.05, 4.69) is 16.0 Å². The van der Waals surface area contributed by atoms with Crippen LogP contribution >= 0.6 is 0 Å². The molecule has 0 aromatic heterocycles. The number of hydrogen-bond donors (Lipinski definition) is 3. The number of piperazine rings is 1. The molecular weight excluding hydrogens is 368 g/mol. The number of nitrogens with zero attached hydrogens (tertiary/aromatic N) is 1. The second kappa shape index (κ2) is 8.81. The Morgan fingerprint density at radius 3 is 2.74 bits per heavy atom. The molecule has 0 spiro atoms. The van der Waals surface area contributed by atoms with Gasteiger partial charge in [-0.05, 0) is 56.5 Å². The fraction of sp³-hybridized carbons (Fsp3) is 0.556. The molecule has 1 aromatic carbocycles. The normalized spacial score (nSPS) is 19.5. The van der Waals surface area contributed by atoms with E-state index in [0.717, 1.165) is 36.7 Å². The Balaban J connectivity index is 1.60. The number of hydrogen-bond acceptors (Lipinski definition) is 5. The lowest BCUT2D eigenvalue weighted by atomic mass is 9.93. The van der Waals surface area contributed by atoms with Crippen LogP contribution in [0.5, 0.6) is 0 Å². The molecule has 27 heavy (non-hydrogen) atoms. The molecule has 148 valence electrons. The SMILES string of the molecule is O=C1CN(S(=O)(=O)c2cccc(NC(=O)CCC3CCNCC3)c2)CCN1. The molecular formula is C18H26N4O4S. The molecule has 0 radical (unpaired) electrons. The maximum atomic E-state index is 12.7. The van der Waals surface area contributed by atoms with E-state index in [4.69, 9.17) is 0 Å². The van der Waals surface area contributed by atoms with E-state index in [1.807, 2.05) is 0 Å². The zero-order chi connectivity index (χ0) is 19.3. The molecule has 0 bridgehead atoms. The van der Waals surface area contributed by atoms with E-state index in [1.54, 1.807) is 12.1 Å². The van der Waals surface area contributed by atoms with E-state index in [0.29, 0.717) is 24.6 Å². The Bertz CT molecular complexity index is 790. The van der Waals surface area contributed by atoms with Crippen molar-refractivity contribution in [3.05, 3.63) is 24.3 Å². The first-order chi connectivity index (χ1) is 12.9. The Hall–Kier alpha value is -1.97. The summed E-state index contributed by atoms with van der Waals surface area (Å²) < 4.78 is 26.6. The smallest absolute Gasteiger partial charge is 0.243 e. The topological polar surface area (TPSA) is 108 Å². The second-order valence-corrected chi connectivity index (χ2v) is 8.93. The van der Waals surface area contributed by atoms with Crippen LogP contribution in [0.15, 0.2) is 29.2 Å². The third-order valence-corrected chi connectivity index (χ3v) is 6.84. The number of piperidine rings is 1. The first-order valence-electron chi connectivity index (χ1n) is 9.32. The zero-order valence-electron chi connectivity index (χ0n) is 15.2. The summed E-state index contributed by atoms with van der Waals surface area (Å²) in [4.78, 5) is 23.8. The summed E-state index contributed by atoms with van der Waals surface area (Å²) in [5.41, 5.74) is 0.452. The van der Waals surface area contributed by atoms with Crippen LogP contribution in [0.1, 0.15) is 25.7 Å². The number of sulfonamides is 1. The van der Waals surface area contributed by atoms with Crippen LogP contribution in [0.2, 0.25) is 0 Å². The summed E-state index contributed by atoms with van der Waals surface area (Å²) in [7, 11) is -3.77. The molecule has 2 heterocycles. The standard InChI is InChI=1S/C18H26N4O4S/c23-17(5-4-14-6-8-19-9-7-14)21-15-2-1-3-16(12-15)27(25,26)22-11-10-20-18(24)13-22/h1-3,12,14,19H,4-11,13H2,(H,20,24)(H,21,23). The molecule has 3 rings (SSSR count). The van der Waals surface area contributed by atoms with Crippen LogP contribution in [-0.4, -0.2) is 57.3 Å². The van der Waals surface area contributed by atoms with Gasteiger partial charge in [0.25, 0.3) is 0 Å². The summed E-state index contributed by atoms with van der Waals surface area (Å²) in [6.07, 6.45) is 3.44. The third kappa shape index (κ3) is 5.27. The lowest BCUT2D eigenvalue weighted by molar-refractivity contribution is -0.122. The lowest BCUT2D eigenvalue weighted by Crippen LogP contribution is -2.49. The van der Waals surface area contributed by atoms with Gasteiger partial charge in [-0.15, -0.1) is 0 Å². The van der Waals surface area contributed by atoms with E-state index in [1.165, 1.54) is 12.1 Å². The Morgan fingerprint density at radius 2 is 2.00 bits per heavy atom. The molecule has 2 amide bonds. The average Bonchev–Trinajstić information content (AvgIpc) is 2.67. The number of anilines is 1. The highest BCUT2D eigenvalue weighted by atomic mass is 32.2. The minimum atomic E-state index is -3.77. The summed E-state index contributed by atoms with van der Waals surface area (Å²) >= 11 is 0. The number of benzene rings is 1. The molecule has 2 aliphatic rings. The van der Waals surface area contributed by atoms with E-state index < -0.39 is 10.0 Å². The number of amides is 2. The number of nitrogens with one attached hydrogen (secondary N) is 3. The van der Waals surface area contributed by atoms with Gasteiger partial charge in [-0.25, -0.2) is 8.42 Å². The highest BCUT2D eigenvalue weighted by molar-refractivity contribution is 7.89. The molecule has 3 N–H and O–H groups in total. The van der Waals surface area contributed by atoms with Gasteiger partial charge in [-0.1, -0.05) is 6.07 Å². The van der Waals surface area contributed by atoms with E-state index in [-0.39, 0.29) is 29.8 Å². The molecule has 0 unspecified atom stereocenters. The van der Waals surface area contributed by atoms with Crippen molar-refractivity contribution in [2.45, 2.75) is 30.6 Å². The maximum Gasteiger partial charge on any atom is 0.243 e. The molecule has 0 atom stereocenters. The van der Waals surface area contributed by atoms with Gasteiger partial charge in [0.1, 0.15) is 0 Å². The molecule has 9 heteroatoms. The molecule has 1 aromatic rings.